The summed E-state index contributed by atoms with van der Waals surface area (Å²) in [5.41, 5.74) is 1.88. The van der Waals surface area contributed by atoms with Gasteiger partial charge in [0.2, 0.25) is 5.91 Å². The number of piperidine rings is 1. The van der Waals surface area contributed by atoms with Crippen molar-refractivity contribution < 1.29 is 4.79 Å². The van der Waals surface area contributed by atoms with Crippen molar-refractivity contribution in [1.29, 1.82) is 0 Å². The van der Waals surface area contributed by atoms with Gasteiger partial charge in [-0.1, -0.05) is 18.6 Å². The summed E-state index contributed by atoms with van der Waals surface area (Å²) < 4.78 is 1.62. The van der Waals surface area contributed by atoms with E-state index in [2.05, 4.69) is 10.2 Å². The van der Waals surface area contributed by atoms with Gasteiger partial charge < -0.3 is 5.32 Å². The minimum atomic E-state index is -0.193. The van der Waals surface area contributed by atoms with Crippen LogP contribution in [0.4, 0.5) is 5.69 Å². The number of nitrogens with one attached hydrogen (secondary N) is 1. The Bertz CT molecular complexity index is 1210. The highest BCUT2D eigenvalue weighted by Crippen LogP contribution is 2.35. The minimum absolute atomic E-state index is 0.0156. The van der Waals surface area contributed by atoms with Crippen LogP contribution in [0.25, 0.3) is 10.2 Å². The zero-order chi connectivity index (χ0) is 22.1. The van der Waals surface area contributed by atoms with E-state index in [0.717, 1.165) is 58.7 Å². The monoisotopic (exact) mass is 468 g/mol. The second-order valence-corrected chi connectivity index (χ2v) is 10.5. The van der Waals surface area contributed by atoms with Crippen LogP contribution in [0.15, 0.2) is 34.0 Å². The fourth-order valence-electron chi connectivity index (χ4n) is 4.80. The third-order valence-electron chi connectivity index (χ3n) is 6.40. The minimum Gasteiger partial charge on any atom is -0.324 e. The Morgan fingerprint density at radius 1 is 1.16 bits per heavy atom. The molecule has 2 aromatic heterocycles. The van der Waals surface area contributed by atoms with Crippen molar-refractivity contribution >= 4 is 44.9 Å². The van der Waals surface area contributed by atoms with Gasteiger partial charge in [0, 0.05) is 9.77 Å². The van der Waals surface area contributed by atoms with E-state index in [1.165, 1.54) is 24.1 Å². The number of hydrogen-bond donors (Lipinski definition) is 1. The number of hydrogen-bond acceptors (Lipinski definition) is 6. The second-order valence-electron chi connectivity index (χ2n) is 8.54. The normalized spacial score (nSPS) is 16.4. The van der Waals surface area contributed by atoms with E-state index < -0.39 is 0 Å². The number of fused-ring (bicyclic) bond motifs is 3. The van der Waals surface area contributed by atoms with E-state index in [4.69, 9.17) is 4.98 Å². The highest BCUT2D eigenvalue weighted by atomic mass is 32.2. The number of rotatable bonds is 6. The summed E-state index contributed by atoms with van der Waals surface area (Å²) in [6, 6.07) is 7.74. The standard InChI is InChI=1S/C24H28N4O2S2/c1-31-19-10-4-3-9-17(19)25-21(29)15-28-20(14-27-12-5-2-6-13-27)26-23-22(24(28)30)16-8-7-11-18(16)32-23/h3-4,9-10H,2,5-8,11-15H2,1H3,(H,25,29). The molecular formula is C24H28N4O2S2. The molecule has 168 valence electrons. The number of likely N-dealkylation sites (tertiary alicyclic amines) is 1. The van der Waals surface area contributed by atoms with Gasteiger partial charge in [-0.15, -0.1) is 23.1 Å². The van der Waals surface area contributed by atoms with Crippen LogP contribution in [-0.4, -0.2) is 39.7 Å². The molecule has 0 spiro atoms. The molecule has 1 amide bonds. The summed E-state index contributed by atoms with van der Waals surface area (Å²) in [5, 5.41) is 3.74. The van der Waals surface area contributed by atoms with Crippen LogP contribution < -0.4 is 10.9 Å². The molecule has 8 heteroatoms. The lowest BCUT2D eigenvalue weighted by Gasteiger charge is -2.27. The predicted octanol–water partition coefficient (Wildman–Crippen LogP) is 4.29. The number of aryl methyl sites for hydroxylation is 2. The summed E-state index contributed by atoms with van der Waals surface area (Å²) >= 11 is 3.25. The molecule has 1 aliphatic heterocycles. The molecule has 3 heterocycles. The van der Waals surface area contributed by atoms with Gasteiger partial charge in [-0.05, 0) is 69.1 Å². The summed E-state index contributed by atoms with van der Waals surface area (Å²) in [6.45, 7) is 2.63. The van der Waals surface area contributed by atoms with Gasteiger partial charge in [0.25, 0.3) is 5.56 Å². The van der Waals surface area contributed by atoms with Crippen LogP contribution >= 0.6 is 23.1 Å². The number of aromatic nitrogens is 2. The highest BCUT2D eigenvalue weighted by molar-refractivity contribution is 7.98. The molecule has 2 aliphatic rings. The Balaban J connectivity index is 1.50. The van der Waals surface area contributed by atoms with Crippen molar-refractivity contribution in [2.75, 3.05) is 24.7 Å². The number of carbonyl (C=O) groups is 1. The zero-order valence-electron chi connectivity index (χ0n) is 18.4. The molecule has 0 unspecified atom stereocenters. The molecule has 0 atom stereocenters. The first-order chi connectivity index (χ1) is 15.6. The van der Waals surface area contributed by atoms with Crippen LogP contribution in [0, 0.1) is 0 Å². The molecule has 1 fully saturated rings. The Morgan fingerprint density at radius 2 is 1.97 bits per heavy atom. The summed E-state index contributed by atoms with van der Waals surface area (Å²) in [6.07, 6.45) is 8.65. The van der Waals surface area contributed by atoms with E-state index in [9.17, 15) is 9.59 Å². The Kier molecular flexibility index (Phi) is 6.35. The van der Waals surface area contributed by atoms with Gasteiger partial charge in [-0.2, -0.15) is 0 Å². The number of thioether (sulfide) groups is 1. The number of anilines is 1. The molecule has 6 nitrogen and oxygen atoms in total. The fourth-order valence-corrected chi connectivity index (χ4v) is 6.63. The highest BCUT2D eigenvalue weighted by Gasteiger charge is 2.25. The third kappa shape index (κ3) is 4.23. The first-order valence-corrected chi connectivity index (χ1v) is 13.4. The van der Waals surface area contributed by atoms with Crippen LogP contribution in [-0.2, 0) is 30.7 Å². The van der Waals surface area contributed by atoms with Crippen molar-refractivity contribution in [1.82, 2.24) is 14.5 Å². The van der Waals surface area contributed by atoms with E-state index in [-0.39, 0.29) is 18.0 Å². The number of thiophene rings is 1. The van der Waals surface area contributed by atoms with Crippen LogP contribution in [0.3, 0.4) is 0 Å². The predicted molar refractivity (Wildman–Crippen MR) is 132 cm³/mol. The lowest BCUT2D eigenvalue weighted by Crippen LogP contribution is -2.36. The first kappa shape index (κ1) is 21.7. The topological polar surface area (TPSA) is 67.2 Å². The van der Waals surface area contributed by atoms with E-state index in [1.807, 2.05) is 30.5 Å². The quantitative estimate of drug-likeness (QED) is 0.547. The van der Waals surface area contributed by atoms with E-state index in [0.29, 0.717) is 12.4 Å². The summed E-state index contributed by atoms with van der Waals surface area (Å²) in [4.78, 5) is 37.1. The molecule has 1 aliphatic carbocycles. The summed E-state index contributed by atoms with van der Waals surface area (Å²) in [5.74, 6) is 0.513. The van der Waals surface area contributed by atoms with Crippen LogP contribution in [0.2, 0.25) is 0 Å². The van der Waals surface area contributed by atoms with E-state index in [1.54, 1.807) is 27.7 Å². The molecule has 5 rings (SSSR count). The van der Waals surface area contributed by atoms with Crippen molar-refractivity contribution in [3.05, 3.63) is 50.9 Å². The molecule has 0 radical (unpaired) electrons. The van der Waals surface area contributed by atoms with Crippen molar-refractivity contribution in [2.24, 2.45) is 0 Å². The average molecular weight is 469 g/mol. The lowest BCUT2D eigenvalue weighted by molar-refractivity contribution is -0.116. The molecule has 1 aromatic carbocycles. The molecule has 0 bridgehead atoms. The Morgan fingerprint density at radius 3 is 2.78 bits per heavy atom. The fraction of sp³-hybridized carbons (Fsp3) is 0.458. The van der Waals surface area contributed by atoms with Gasteiger partial charge in [-0.25, -0.2) is 4.98 Å². The molecule has 3 aromatic rings. The van der Waals surface area contributed by atoms with Gasteiger partial charge in [-0.3, -0.25) is 19.1 Å². The van der Waals surface area contributed by atoms with Gasteiger partial charge in [0.05, 0.1) is 17.6 Å². The number of benzene rings is 1. The number of para-hydroxylation sites is 1. The third-order valence-corrected chi connectivity index (χ3v) is 8.38. The zero-order valence-corrected chi connectivity index (χ0v) is 20.0. The first-order valence-electron chi connectivity index (χ1n) is 11.3. The maximum Gasteiger partial charge on any atom is 0.263 e. The van der Waals surface area contributed by atoms with Crippen molar-refractivity contribution in [2.45, 2.75) is 56.5 Å². The average Bonchev–Trinajstić information content (AvgIpc) is 3.38. The molecule has 0 saturated carbocycles. The second kappa shape index (κ2) is 9.37. The number of amides is 1. The Hall–Kier alpha value is -2.16. The largest absolute Gasteiger partial charge is 0.324 e. The van der Waals surface area contributed by atoms with Crippen molar-refractivity contribution in [3.8, 4) is 0 Å². The lowest BCUT2D eigenvalue weighted by atomic mass is 10.1. The smallest absolute Gasteiger partial charge is 0.263 e. The van der Waals surface area contributed by atoms with Crippen molar-refractivity contribution in [3.63, 3.8) is 0 Å². The van der Waals surface area contributed by atoms with Crippen LogP contribution in [0.1, 0.15) is 41.9 Å². The maximum absolute atomic E-state index is 13.6. The van der Waals surface area contributed by atoms with Gasteiger partial charge in [0.1, 0.15) is 17.2 Å². The van der Waals surface area contributed by atoms with Gasteiger partial charge in [0.15, 0.2) is 0 Å². The molecule has 1 saturated heterocycles. The molecule has 32 heavy (non-hydrogen) atoms. The Labute approximate surface area is 196 Å². The summed E-state index contributed by atoms with van der Waals surface area (Å²) in [7, 11) is 0. The number of carbonyl (C=O) groups excluding carboxylic acids is 1. The van der Waals surface area contributed by atoms with Crippen LogP contribution in [0.5, 0.6) is 0 Å². The molecule has 1 N–H and O–H groups in total. The molecular weight excluding hydrogens is 440 g/mol. The number of nitrogens with zero attached hydrogens (tertiary/aromatic N) is 3. The van der Waals surface area contributed by atoms with Gasteiger partial charge >= 0.3 is 0 Å². The SMILES string of the molecule is CSc1ccccc1NC(=O)Cn1c(CN2CCCCC2)nc2sc3c(c2c1=O)CCC3. The van der Waals surface area contributed by atoms with E-state index >= 15 is 0 Å². The maximum atomic E-state index is 13.6.